The number of ether oxygens (including phenoxy) is 2. The molecule has 1 fully saturated rings. The standard InChI is InChI=1S/C10H13NO2/c1-8-4-2-5-9(11-8)10-12-6-3-7-13-10/h2,4-5,10H,3,6-7H2,1H3. The van der Waals surface area contributed by atoms with Gasteiger partial charge in [0.05, 0.1) is 18.9 Å². The van der Waals surface area contributed by atoms with E-state index < -0.39 is 0 Å². The smallest absolute Gasteiger partial charge is 0.201 e. The molecule has 0 atom stereocenters. The Morgan fingerprint density at radius 2 is 2.08 bits per heavy atom. The molecular formula is C10H13NO2. The summed E-state index contributed by atoms with van der Waals surface area (Å²) in [6.07, 6.45) is 0.719. The first kappa shape index (κ1) is 8.66. The van der Waals surface area contributed by atoms with Crippen LogP contribution in [0.25, 0.3) is 0 Å². The van der Waals surface area contributed by atoms with Gasteiger partial charge in [0.25, 0.3) is 0 Å². The van der Waals surface area contributed by atoms with Crippen molar-refractivity contribution in [3.05, 3.63) is 29.6 Å². The molecule has 1 aromatic heterocycles. The third kappa shape index (κ3) is 2.05. The highest BCUT2D eigenvalue weighted by Gasteiger charge is 2.17. The number of nitrogens with zero attached hydrogens (tertiary/aromatic N) is 1. The van der Waals surface area contributed by atoms with Crippen molar-refractivity contribution < 1.29 is 9.47 Å². The van der Waals surface area contributed by atoms with Gasteiger partial charge >= 0.3 is 0 Å². The lowest BCUT2D eigenvalue weighted by atomic mass is 10.3. The largest absolute Gasteiger partial charge is 0.347 e. The lowest BCUT2D eigenvalue weighted by Crippen LogP contribution is -2.18. The molecule has 70 valence electrons. The third-order valence-electron chi connectivity index (χ3n) is 1.98. The lowest BCUT2D eigenvalue weighted by molar-refractivity contribution is -0.185. The van der Waals surface area contributed by atoms with Crippen molar-refractivity contribution in [2.75, 3.05) is 13.2 Å². The minimum Gasteiger partial charge on any atom is -0.347 e. The molecule has 13 heavy (non-hydrogen) atoms. The summed E-state index contributed by atoms with van der Waals surface area (Å²) in [6.45, 7) is 3.49. The van der Waals surface area contributed by atoms with E-state index in [4.69, 9.17) is 9.47 Å². The number of aromatic nitrogens is 1. The molecule has 0 spiro atoms. The summed E-state index contributed by atoms with van der Waals surface area (Å²) in [5, 5.41) is 0. The summed E-state index contributed by atoms with van der Waals surface area (Å²) in [4.78, 5) is 4.35. The summed E-state index contributed by atoms with van der Waals surface area (Å²) in [5.74, 6) is 0. The topological polar surface area (TPSA) is 31.4 Å². The van der Waals surface area contributed by atoms with Gasteiger partial charge in [0, 0.05) is 5.69 Å². The molecule has 1 aromatic rings. The van der Waals surface area contributed by atoms with Crippen molar-refractivity contribution in [1.29, 1.82) is 0 Å². The van der Waals surface area contributed by atoms with Crippen molar-refractivity contribution in [2.24, 2.45) is 0 Å². The van der Waals surface area contributed by atoms with Gasteiger partial charge < -0.3 is 9.47 Å². The second kappa shape index (κ2) is 3.85. The first-order valence-electron chi connectivity index (χ1n) is 4.53. The van der Waals surface area contributed by atoms with E-state index in [1.807, 2.05) is 25.1 Å². The predicted molar refractivity (Wildman–Crippen MR) is 48.2 cm³/mol. The molecule has 0 unspecified atom stereocenters. The molecule has 1 saturated heterocycles. The van der Waals surface area contributed by atoms with Crippen LogP contribution in [0.15, 0.2) is 18.2 Å². The minimum absolute atomic E-state index is 0.256. The van der Waals surface area contributed by atoms with Crippen LogP contribution in [0.3, 0.4) is 0 Å². The number of rotatable bonds is 1. The number of pyridine rings is 1. The number of hydrogen-bond donors (Lipinski definition) is 0. The highest BCUT2D eigenvalue weighted by Crippen LogP contribution is 2.20. The van der Waals surface area contributed by atoms with Crippen molar-refractivity contribution in [3.63, 3.8) is 0 Å². The predicted octanol–water partition coefficient (Wildman–Crippen LogP) is 1.83. The normalized spacial score (nSPS) is 18.8. The zero-order valence-electron chi connectivity index (χ0n) is 7.69. The number of aryl methyl sites for hydroxylation is 1. The molecular weight excluding hydrogens is 166 g/mol. The molecule has 2 heterocycles. The Bertz CT molecular complexity index is 282. The van der Waals surface area contributed by atoms with Gasteiger partial charge in [0.2, 0.25) is 6.29 Å². The summed E-state index contributed by atoms with van der Waals surface area (Å²) >= 11 is 0. The molecule has 0 radical (unpaired) electrons. The number of hydrogen-bond acceptors (Lipinski definition) is 3. The maximum Gasteiger partial charge on any atom is 0.201 e. The molecule has 1 aliphatic rings. The van der Waals surface area contributed by atoms with E-state index >= 15 is 0 Å². The molecule has 0 amide bonds. The van der Waals surface area contributed by atoms with Crippen LogP contribution in [-0.2, 0) is 9.47 Å². The van der Waals surface area contributed by atoms with Crippen LogP contribution in [0.4, 0.5) is 0 Å². The lowest BCUT2D eigenvalue weighted by Gasteiger charge is -2.22. The fourth-order valence-corrected chi connectivity index (χ4v) is 1.35. The zero-order valence-corrected chi connectivity index (χ0v) is 7.69. The molecule has 2 rings (SSSR count). The third-order valence-corrected chi connectivity index (χ3v) is 1.98. The van der Waals surface area contributed by atoms with Crippen LogP contribution in [0.2, 0.25) is 0 Å². The van der Waals surface area contributed by atoms with Gasteiger partial charge in [-0.25, -0.2) is 0 Å². The molecule has 3 nitrogen and oxygen atoms in total. The van der Waals surface area contributed by atoms with E-state index in [0.29, 0.717) is 0 Å². The van der Waals surface area contributed by atoms with E-state index in [2.05, 4.69) is 4.98 Å². The Morgan fingerprint density at radius 3 is 2.77 bits per heavy atom. The molecule has 0 bridgehead atoms. The van der Waals surface area contributed by atoms with Crippen LogP contribution >= 0.6 is 0 Å². The highest BCUT2D eigenvalue weighted by atomic mass is 16.7. The monoisotopic (exact) mass is 179 g/mol. The highest BCUT2D eigenvalue weighted by molar-refractivity contribution is 5.11. The van der Waals surface area contributed by atoms with Crippen LogP contribution in [-0.4, -0.2) is 18.2 Å². The van der Waals surface area contributed by atoms with Crippen molar-refractivity contribution in [2.45, 2.75) is 19.6 Å². The molecule has 0 saturated carbocycles. The first-order chi connectivity index (χ1) is 6.36. The van der Waals surface area contributed by atoms with Gasteiger partial charge in [0.15, 0.2) is 0 Å². The average molecular weight is 179 g/mol. The Labute approximate surface area is 77.7 Å². The van der Waals surface area contributed by atoms with Crippen LogP contribution in [0.1, 0.15) is 24.1 Å². The Hall–Kier alpha value is -0.930. The molecule has 0 aromatic carbocycles. The maximum atomic E-state index is 5.43. The van der Waals surface area contributed by atoms with E-state index in [-0.39, 0.29) is 6.29 Å². The molecule has 0 aliphatic carbocycles. The van der Waals surface area contributed by atoms with E-state index in [1.165, 1.54) is 0 Å². The van der Waals surface area contributed by atoms with Gasteiger partial charge in [-0.3, -0.25) is 4.98 Å². The van der Waals surface area contributed by atoms with E-state index in [0.717, 1.165) is 31.0 Å². The summed E-state index contributed by atoms with van der Waals surface area (Å²) in [7, 11) is 0. The Kier molecular flexibility index (Phi) is 2.57. The second-order valence-electron chi connectivity index (χ2n) is 3.13. The summed E-state index contributed by atoms with van der Waals surface area (Å²) in [5.41, 5.74) is 1.87. The van der Waals surface area contributed by atoms with E-state index in [1.54, 1.807) is 0 Å². The SMILES string of the molecule is Cc1cccc(C2OCCCO2)n1. The van der Waals surface area contributed by atoms with Crippen molar-refractivity contribution in [3.8, 4) is 0 Å². The molecule has 0 N–H and O–H groups in total. The van der Waals surface area contributed by atoms with Crippen molar-refractivity contribution >= 4 is 0 Å². The Morgan fingerprint density at radius 1 is 1.31 bits per heavy atom. The molecule has 1 aliphatic heterocycles. The molecule has 3 heteroatoms. The summed E-state index contributed by atoms with van der Waals surface area (Å²) < 4.78 is 10.9. The van der Waals surface area contributed by atoms with E-state index in [9.17, 15) is 0 Å². The maximum absolute atomic E-state index is 5.43. The van der Waals surface area contributed by atoms with Gasteiger partial charge in [-0.1, -0.05) is 6.07 Å². The van der Waals surface area contributed by atoms with Crippen molar-refractivity contribution in [1.82, 2.24) is 4.98 Å². The van der Waals surface area contributed by atoms with Crippen LogP contribution in [0.5, 0.6) is 0 Å². The van der Waals surface area contributed by atoms with Crippen LogP contribution in [0, 0.1) is 6.92 Å². The first-order valence-corrected chi connectivity index (χ1v) is 4.53. The van der Waals surface area contributed by atoms with Gasteiger partial charge in [0.1, 0.15) is 0 Å². The minimum atomic E-state index is -0.256. The Balaban J connectivity index is 2.14. The van der Waals surface area contributed by atoms with Gasteiger partial charge in [-0.2, -0.15) is 0 Å². The second-order valence-corrected chi connectivity index (χ2v) is 3.13. The fraction of sp³-hybridized carbons (Fsp3) is 0.500. The average Bonchev–Trinajstić information content (AvgIpc) is 2.19. The van der Waals surface area contributed by atoms with Gasteiger partial charge in [-0.15, -0.1) is 0 Å². The quantitative estimate of drug-likeness (QED) is 0.659. The fourth-order valence-electron chi connectivity index (χ4n) is 1.35. The zero-order chi connectivity index (χ0) is 9.10. The summed E-state index contributed by atoms with van der Waals surface area (Å²) in [6, 6.07) is 5.87. The van der Waals surface area contributed by atoms with Gasteiger partial charge in [-0.05, 0) is 25.5 Å². The van der Waals surface area contributed by atoms with Crippen LogP contribution < -0.4 is 0 Å².